The van der Waals surface area contributed by atoms with Crippen molar-refractivity contribution in [3.05, 3.63) is 70.5 Å². The first-order valence-electron chi connectivity index (χ1n) is 7.72. The number of rotatable bonds is 5. The summed E-state index contributed by atoms with van der Waals surface area (Å²) in [6.45, 7) is 0.533. The van der Waals surface area contributed by atoms with E-state index in [-0.39, 0.29) is 17.5 Å². The summed E-state index contributed by atoms with van der Waals surface area (Å²) in [5.74, 6) is -0.141. The zero-order chi connectivity index (χ0) is 17.9. The van der Waals surface area contributed by atoms with E-state index in [1.165, 1.54) is 0 Å². The van der Waals surface area contributed by atoms with Gasteiger partial charge in [-0.05, 0) is 35.2 Å². The molecule has 0 saturated carbocycles. The number of thiophene rings is 1. The highest BCUT2D eigenvalue weighted by Crippen LogP contribution is 2.23. The molecule has 0 aliphatic heterocycles. The fourth-order valence-electron chi connectivity index (χ4n) is 2.37. The van der Waals surface area contributed by atoms with Crippen molar-refractivity contribution in [1.29, 1.82) is 0 Å². The Kier molecular flexibility index (Phi) is 4.51. The van der Waals surface area contributed by atoms with E-state index in [9.17, 15) is 4.79 Å². The third-order valence-corrected chi connectivity index (χ3v) is 4.77. The van der Waals surface area contributed by atoms with Gasteiger partial charge in [0.15, 0.2) is 5.69 Å². The first-order chi connectivity index (χ1) is 12.7. The van der Waals surface area contributed by atoms with Gasteiger partial charge in [0, 0.05) is 5.02 Å². The number of carbonyl (C=O) groups is 1. The number of nitrogens with one attached hydrogen (secondary N) is 2. The number of halogens is 1. The number of aromatic amines is 1. The lowest BCUT2D eigenvalue weighted by Gasteiger charge is -2.01. The minimum atomic E-state index is -0.367. The van der Waals surface area contributed by atoms with Crippen molar-refractivity contribution < 1.29 is 4.79 Å². The average Bonchev–Trinajstić information content (AvgIpc) is 3.38. The lowest BCUT2D eigenvalue weighted by atomic mass is 10.2. The smallest absolute Gasteiger partial charge is 0.278 e. The zero-order valence-corrected chi connectivity index (χ0v) is 15.0. The maximum Gasteiger partial charge on any atom is 0.278 e. The van der Waals surface area contributed by atoms with Crippen LogP contribution in [0.1, 0.15) is 16.1 Å². The summed E-state index contributed by atoms with van der Waals surface area (Å²) in [7, 11) is 0. The van der Waals surface area contributed by atoms with Crippen LogP contribution in [0.2, 0.25) is 5.02 Å². The van der Waals surface area contributed by atoms with E-state index in [0.717, 1.165) is 16.1 Å². The predicted octanol–water partition coefficient (Wildman–Crippen LogP) is 3.68. The van der Waals surface area contributed by atoms with Gasteiger partial charge in [-0.25, -0.2) is 9.67 Å². The SMILES string of the molecule is O=C(Nc1ncn(Cc2ccc(Cl)cc2)n1)c1cc(-c2cccs2)[nH]n1. The summed E-state index contributed by atoms with van der Waals surface area (Å²) in [6.07, 6.45) is 1.56. The first-order valence-corrected chi connectivity index (χ1v) is 8.98. The van der Waals surface area contributed by atoms with Gasteiger partial charge in [0.2, 0.25) is 5.95 Å². The maximum atomic E-state index is 12.3. The number of hydrogen-bond acceptors (Lipinski definition) is 5. The summed E-state index contributed by atoms with van der Waals surface area (Å²) >= 11 is 7.45. The minimum Gasteiger partial charge on any atom is -0.288 e. The van der Waals surface area contributed by atoms with Gasteiger partial charge in [-0.15, -0.1) is 16.4 Å². The number of benzene rings is 1. The monoisotopic (exact) mass is 384 g/mol. The Balaban J connectivity index is 1.42. The van der Waals surface area contributed by atoms with Crippen molar-refractivity contribution in [3.8, 4) is 10.6 Å². The lowest BCUT2D eigenvalue weighted by Crippen LogP contribution is -2.14. The highest BCUT2D eigenvalue weighted by molar-refractivity contribution is 7.13. The second-order valence-corrected chi connectivity index (χ2v) is 6.87. The Morgan fingerprint density at radius 1 is 1.27 bits per heavy atom. The zero-order valence-electron chi connectivity index (χ0n) is 13.4. The van der Waals surface area contributed by atoms with Crippen LogP contribution >= 0.6 is 22.9 Å². The first kappa shape index (κ1) is 16.5. The number of H-pyrrole nitrogens is 1. The molecule has 3 heterocycles. The second-order valence-electron chi connectivity index (χ2n) is 5.49. The molecule has 0 spiro atoms. The van der Waals surface area contributed by atoms with Gasteiger partial charge in [0.1, 0.15) is 6.33 Å². The molecular formula is C17H13ClN6OS. The average molecular weight is 385 g/mol. The molecule has 1 aromatic carbocycles. The molecule has 26 heavy (non-hydrogen) atoms. The molecule has 1 amide bonds. The Labute approximate surface area is 157 Å². The van der Waals surface area contributed by atoms with Gasteiger partial charge in [0.25, 0.3) is 5.91 Å². The van der Waals surface area contributed by atoms with Crippen molar-refractivity contribution in [2.24, 2.45) is 0 Å². The van der Waals surface area contributed by atoms with Crippen LogP contribution in [0.15, 0.2) is 54.2 Å². The molecule has 0 saturated heterocycles. The Hall–Kier alpha value is -2.97. The molecule has 2 N–H and O–H groups in total. The molecule has 4 aromatic rings. The topological polar surface area (TPSA) is 88.5 Å². The van der Waals surface area contributed by atoms with Crippen molar-refractivity contribution in [1.82, 2.24) is 25.0 Å². The van der Waals surface area contributed by atoms with Gasteiger partial charge in [0.05, 0.1) is 17.1 Å². The molecule has 0 aliphatic rings. The number of nitrogens with zero attached hydrogens (tertiary/aromatic N) is 4. The fraction of sp³-hybridized carbons (Fsp3) is 0.0588. The normalized spacial score (nSPS) is 10.8. The van der Waals surface area contributed by atoms with Crippen molar-refractivity contribution in [3.63, 3.8) is 0 Å². The van der Waals surface area contributed by atoms with E-state index < -0.39 is 0 Å². The Morgan fingerprint density at radius 2 is 2.12 bits per heavy atom. The molecule has 0 unspecified atom stereocenters. The summed E-state index contributed by atoms with van der Waals surface area (Å²) in [5, 5.41) is 16.5. The molecule has 3 aromatic heterocycles. The van der Waals surface area contributed by atoms with Crippen molar-refractivity contribution >= 4 is 34.8 Å². The second kappa shape index (κ2) is 7.11. The van der Waals surface area contributed by atoms with Crippen LogP contribution in [0, 0.1) is 0 Å². The fourth-order valence-corrected chi connectivity index (χ4v) is 3.19. The van der Waals surface area contributed by atoms with Gasteiger partial charge >= 0.3 is 0 Å². The highest BCUT2D eigenvalue weighted by Gasteiger charge is 2.14. The Morgan fingerprint density at radius 3 is 2.88 bits per heavy atom. The van der Waals surface area contributed by atoms with E-state index >= 15 is 0 Å². The van der Waals surface area contributed by atoms with Crippen LogP contribution in [0.3, 0.4) is 0 Å². The highest BCUT2D eigenvalue weighted by atomic mass is 35.5. The van der Waals surface area contributed by atoms with Crippen molar-refractivity contribution in [2.75, 3.05) is 5.32 Å². The van der Waals surface area contributed by atoms with Crippen LogP contribution in [0.4, 0.5) is 5.95 Å². The summed E-state index contributed by atoms with van der Waals surface area (Å²) in [4.78, 5) is 17.4. The van der Waals surface area contributed by atoms with Gasteiger partial charge in [-0.1, -0.05) is 29.8 Å². The van der Waals surface area contributed by atoms with Gasteiger partial charge in [-0.2, -0.15) is 5.10 Å². The van der Waals surface area contributed by atoms with Crippen LogP contribution in [-0.4, -0.2) is 30.9 Å². The largest absolute Gasteiger partial charge is 0.288 e. The van der Waals surface area contributed by atoms with Crippen LogP contribution in [0.5, 0.6) is 0 Å². The molecule has 7 nitrogen and oxygen atoms in total. The number of aromatic nitrogens is 5. The molecular weight excluding hydrogens is 372 g/mol. The number of anilines is 1. The van der Waals surface area contributed by atoms with E-state index in [2.05, 4.69) is 25.6 Å². The van der Waals surface area contributed by atoms with E-state index in [1.807, 2.05) is 41.8 Å². The van der Waals surface area contributed by atoms with E-state index in [1.54, 1.807) is 28.4 Å². The molecule has 4 rings (SSSR count). The molecule has 0 fully saturated rings. The molecule has 0 bridgehead atoms. The molecule has 130 valence electrons. The maximum absolute atomic E-state index is 12.3. The lowest BCUT2D eigenvalue weighted by molar-refractivity contribution is 0.102. The van der Waals surface area contributed by atoms with Gasteiger partial charge < -0.3 is 0 Å². The molecule has 9 heteroatoms. The quantitative estimate of drug-likeness (QED) is 0.549. The summed E-state index contributed by atoms with van der Waals surface area (Å²) in [5.41, 5.74) is 2.11. The Bertz CT molecular complexity index is 1020. The van der Waals surface area contributed by atoms with E-state index in [0.29, 0.717) is 11.6 Å². The third kappa shape index (κ3) is 3.66. The van der Waals surface area contributed by atoms with Crippen LogP contribution < -0.4 is 5.32 Å². The summed E-state index contributed by atoms with van der Waals surface area (Å²) in [6, 6.07) is 13.1. The standard InChI is InChI=1S/C17H13ClN6OS/c18-12-5-3-11(4-6-12)9-24-10-19-17(23-24)20-16(25)14-8-13(21-22-14)15-2-1-7-26-15/h1-8,10H,9H2,(H,21,22)(H,20,23,25). The van der Waals surface area contributed by atoms with Crippen molar-refractivity contribution in [2.45, 2.75) is 6.54 Å². The minimum absolute atomic E-state index is 0.227. The molecule has 0 atom stereocenters. The van der Waals surface area contributed by atoms with Crippen LogP contribution in [0.25, 0.3) is 10.6 Å². The summed E-state index contributed by atoms with van der Waals surface area (Å²) < 4.78 is 1.64. The molecule has 0 radical (unpaired) electrons. The molecule has 0 aliphatic carbocycles. The number of carbonyl (C=O) groups excluding carboxylic acids is 1. The van der Waals surface area contributed by atoms with Gasteiger partial charge in [-0.3, -0.25) is 15.2 Å². The number of amides is 1. The van der Waals surface area contributed by atoms with Crippen LogP contribution in [-0.2, 0) is 6.54 Å². The number of hydrogen-bond donors (Lipinski definition) is 2. The third-order valence-electron chi connectivity index (χ3n) is 3.62. The van der Waals surface area contributed by atoms with E-state index in [4.69, 9.17) is 11.6 Å². The predicted molar refractivity (Wildman–Crippen MR) is 100 cm³/mol.